The smallest absolute Gasteiger partial charge is 0.349 e. The van der Waals surface area contributed by atoms with E-state index in [-0.39, 0.29) is 31.8 Å². The third-order valence-corrected chi connectivity index (χ3v) is 8.00. The zero-order chi connectivity index (χ0) is 26.0. The average molecular weight is 509 g/mol. The van der Waals surface area contributed by atoms with Crippen LogP contribution in [0, 0.1) is 25.2 Å². The summed E-state index contributed by atoms with van der Waals surface area (Å²) in [6.45, 7) is 6.30. The Balaban J connectivity index is 1.78. The molecule has 1 fully saturated rings. The van der Waals surface area contributed by atoms with Gasteiger partial charge in [0, 0.05) is 44.1 Å². The fraction of sp³-hybridized carbons (Fsp3) is 0.417. The third kappa shape index (κ3) is 5.44. The average Bonchev–Trinajstić information content (AvgIpc) is 3.09. The number of rotatable bonds is 6. The van der Waals surface area contributed by atoms with Gasteiger partial charge in [0.1, 0.15) is 11.6 Å². The van der Waals surface area contributed by atoms with Crippen LogP contribution < -0.4 is 0 Å². The second-order valence-corrected chi connectivity index (χ2v) is 10.2. The van der Waals surface area contributed by atoms with Gasteiger partial charge in [-0.3, -0.25) is 4.79 Å². The summed E-state index contributed by atoms with van der Waals surface area (Å²) in [5.41, 5.74) is 1.39. The lowest BCUT2D eigenvalue weighted by atomic mass is 10.1. The van der Waals surface area contributed by atoms with Crippen molar-refractivity contribution in [1.29, 1.82) is 5.26 Å². The molecule has 7 nitrogen and oxygen atoms in total. The predicted molar refractivity (Wildman–Crippen MR) is 125 cm³/mol. The molecule has 35 heavy (non-hydrogen) atoms. The minimum absolute atomic E-state index is 0.0415. The number of aromatic nitrogens is 1. The molecule has 1 amide bonds. The Bertz CT molecular complexity index is 1280. The van der Waals surface area contributed by atoms with Crippen LogP contribution in [0.25, 0.3) is 6.08 Å². The highest BCUT2D eigenvalue weighted by molar-refractivity contribution is 7.89. The van der Waals surface area contributed by atoms with E-state index in [1.54, 1.807) is 0 Å². The Kier molecular flexibility index (Phi) is 7.77. The van der Waals surface area contributed by atoms with Gasteiger partial charge in [0.05, 0.1) is 10.5 Å². The van der Waals surface area contributed by atoms with Gasteiger partial charge in [0.15, 0.2) is 0 Å². The number of nitrogens with zero attached hydrogens (tertiary/aromatic N) is 4. The number of sulfonamides is 1. The summed E-state index contributed by atoms with van der Waals surface area (Å²) in [7, 11) is -4.42. The maximum absolute atomic E-state index is 13.3. The number of aryl methyl sites for hydroxylation is 1. The van der Waals surface area contributed by atoms with Gasteiger partial charge in [-0.2, -0.15) is 22.7 Å². The van der Waals surface area contributed by atoms with E-state index in [1.165, 1.54) is 17.0 Å². The topological polar surface area (TPSA) is 86.4 Å². The molecule has 0 atom stereocenters. The molecule has 0 N–H and O–H groups in total. The number of piperazine rings is 1. The molecule has 0 spiro atoms. The van der Waals surface area contributed by atoms with E-state index in [0.717, 1.165) is 52.4 Å². The van der Waals surface area contributed by atoms with E-state index in [0.29, 0.717) is 0 Å². The monoisotopic (exact) mass is 508 g/mol. The lowest BCUT2D eigenvalue weighted by Gasteiger charge is -2.34. The molecule has 1 aromatic carbocycles. The number of benzene rings is 1. The van der Waals surface area contributed by atoms with Crippen molar-refractivity contribution in [1.82, 2.24) is 13.8 Å². The van der Waals surface area contributed by atoms with E-state index in [4.69, 9.17) is 0 Å². The van der Waals surface area contributed by atoms with Gasteiger partial charge in [0.25, 0.3) is 5.91 Å². The first kappa shape index (κ1) is 26.5. The zero-order valence-electron chi connectivity index (χ0n) is 19.8. The van der Waals surface area contributed by atoms with Gasteiger partial charge in [-0.25, -0.2) is 8.42 Å². The zero-order valence-corrected chi connectivity index (χ0v) is 20.6. The Labute approximate surface area is 203 Å². The van der Waals surface area contributed by atoms with Crippen molar-refractivity contribution in [2.45, 2.75) is 44.8 Å². The van der Waals surface area contributed by atoms with Gasteiger partial charge < -0.3 is 9.47 Å². The Hall–Kier alpha value is -3.10. The normalized spacial score (nSPS) is 15.8. The fourth-order valence-electron chi connectivity index (χ4n) is 4.21. The van der Waals surface area contributed by atoms with Crippen molar-refractivity contribution in [2.75, 3.05) is 26.2 Å². The van der Waals surface area contributed by atoms with Gasteiger partial charge in [0.2, 0.25) is 10.0 Å². The first-order valence-electron chi connectivity index (χ1n) is 11.2. The van der Waals surface area contributed by atoms with E-state index in [1.807, 2.05) is 26.0 Å². The summed E-state index contributed by atoms with van der Waals surface area (Å²) in [5.74, 6) is -0.541. The number of hydrogen-bond acceptors (Lipinski definition) is 4. The van der Waals surface area contributed by atoms with Crippen LogP contribution in [0.15, 0.2) is 40.8 Å². The van der Waals surface area contributed by atoms with Crippen LogP contribution in [0.1, 0.15) is 35.9 Å². The standard InChI is InChI=1S/C24H27F3N4O3S/c1-4-9-31-17(2)14-19(18(31)3)15-20(16-28)23(32)29-10-12-30(13-11-29)35(33,34)22-8-6-5-7-21(22)24(25,26)27/h5-8,14-15H,4,9-13H2,1-3H3/b20-15-. The molecule has 11 heteroatoms. The minimum Gasteiger partial charge on any atom is -0.349 e. The molecule has 1 saturated heterocycles. The highest BCUT2D eigenvalue weighted by Crippen LogP contribution is 2.35. The summed E-state index contributed by atoms with van der Waals surface area (Å²) in [5, 5.41) is 9.61. The Morgan fingerprint density at radius 1 is 1.14 bits per heavy atom. The number of carbonyl (C=O) groups is 1. The molecule has 2 heterocycles. The Morgan fingerprint density at radius 3 is 2.34 bits per heavy atom. The Morgan fingerprint density at radius 2 is 1.77 bits per heavy atom. The van der Waals surface area contributed by atoms with Crippen LogP contribution in [0.5, 0.6) is 0 Å². The third-order valence-electron chi connectivity index (χ3n) is 6.05. The maximum atomic E-state index is 13.3. The molecule has 2 aromatic rings. The first-order valence-corrected chi connectivity index (χ1v) is 12.6. The first-order chi connectivity index (χ1) is 16.4. The maximum Gasteiger partial charge on any atom is 0.417 e. The molecule has 0 radical (unpaired) electrons. The molecule has 1 aromatic heterocycles. The molecule has 1 aliphatic heterocycles. The SMILES string of the molecule is CCCn1c(C)cc(/C=C(/C#N)C(=O)N2CCN(S(=O)(=O)c3ccccc3C(F)(F)F)CC2)c1C. The second-order valence-electron chi connectivity index (χ2n) is 8.34. The van der Waals surface area contributed by atoms with Crippen LogP contribution in [0.4, 0.5) is 13.2 Å². The minimum atomic E-state index is -4.82. The van der Waals surface area contributed by atoms with Crippen molar-refractivity contribution in [3.05, 3.63) is 58.4 Å². The van der Waals surface area contributed by atoms with Gasteiger partial charge >= 0.3 is 6.18 Å². The summed E-state index contributed by atoms with van der Waals surface area (Å²) < 4.78 is 69.0. The van der Waals surface area contributed by atoms with Gasteiger partial charge in [-0.15, -0.1) is 0 Å². The van der Waals surface area contributed by atoms with Crippen LogP contribution in [-0.2, 0) is 27.5 Å². The molecular weight excluding hydrogens is 481 g/mol. The predicted octanol–water partition coefficient (Wildman–Crippen LogP) is 3.97. The summed E-state index contributed by atoms with van der Waals surface area (Å²) >= 11 is 0. The van der Waals surface area contributed by atoms with E-state index in [9.17, 15) is 31.6 Å². The number of carbonyl (C=O) groups excluding carboxylic acids is 1. The van der Waals surface area contributed by atoms with Crippen molar-refractivity contribution in [2.24, 2.45) is 0 Å². The molecule has 1 aliphatic rings. The summed E-state index contributed by atoms with van der Waals surface area (Å²) in [4.78, 5) is 13.5. The largest absolute Gasteiger partial charge is 0.417 e. The number of amides is 1. The lowest BCUT2D eigenvalue weighted by molar-refractivity contribution is -0.139. The van der Waals surface area contributed by atoms with Crippen LogP contribution in [-0.4, -0.2) is 54.3 Å². The number of alkyl halides is 3. The molecule has 0 unspecified atom stereocenters. The van der Waals surface area contributed by atoms with Crippen molar-refractivity contribution in [3.8, 4) is 6.07 Å². The molecule has 0 saturated carbocycles. The van der Waals surface area contributed by atoms with Crippen LogP contribution >= 0.6 is 0 Å². The number of nitriles is 1. The van der Waals surface area contributed by atoms with E-state index in [2.05, 4.69) is 11.5 Å². The molecule has 3 rings (SSSR count). The molecular formula is C24H27F3N4O3S. The fourth-order valence-corrected chi connectivity index (χ4v) is 5.84. The second kappa shape index (κ2) is 10.3. The van der Waals surface area contributed by atoms with Crippen LogP contribution in [0.2, 0.25) is 0 Å². The number of hydrogen-bond donors (Lipinski definition) is 0. The highest BCUT2D eigenvalue weighted by Gasteiger charge is 2.40. The van der Waals surface area contributed by atoms with Gasteiger partial charge in [-0.05, 0) is 50.1 Å². The summed E-state index contributed by atoms with van der Waals surface area (Å²) in [6.07, 6.45) is -2.36. The van der Waals surface area contributed by atoms with E-state index >= 15 is 0 Å². The number of halogens is 3. The molecule has 0 bridgehead atoms. The summed E-state index contributed by atoms with van der Waals surface area (Å²) in [6, 6.07) is 7.87. The molecule has 0 aliphatic carbocycles. The van der Waals surface area contributed by atoms with Crippen LogP contribution in [0.3, 0.4) is 0 Å². The molecule has 188 valence electrons. The lowest BCUT2D eigenvalue weighted by Crippen LogP contribution is -2.51. The quantitative estimate of drug-likeness (QED) is 0.437. The van der Waals surface area contributed by atoms with Crippen molar-refractivity contribution < 1.29 is 26.4 Å². The van der Waals surface area contributed by atoms with Crippen molar-refractivity contribution >= 4 is 22.0 Å². The highest BCUT2D eigenvalue weighted by atomic mass is 32.2. The van der Waals surface area contributed by atoms with E-state index < -0.39 is 32.6 Å². The van der Waals surface area contributed by atoms with Crippen molar-refractivity contribution in [3.63, 3.8) is 0 Å². The van der Waals surface area contributed by atoms with Gasteiger partial charge in [-0.1, -0.05) is 19.1 Å².